The molecule has 0 radical (unpaired) electrons. The summed E-state index contributed by atoms with van der Waals surface area (Å²) < 4.78 is 23.0. The molecule has 178 valence electrons. The fraction of sp³-hybridized carbons (Fsp3) is 0.348. The Hall–Kier alpha value is -3.33. The second-order valence-electron chi connectivity index (χ2n) is 7.09. The smallest absolute Gasteiger partial charge is 0.259 e. The normalized spacial score (nSPS) is 11.3. The van der Waals surface area contributed by atoms with E-state index in [1.807, 2.05) is 0 Å². The molecule has 0 fully saturated rings. The van der Waals surface area contributed by atoms with Crippen molar-refractivity contribution >= 4 is 29.3 Å². The number of nitrogens with one attached hydrogen (secondary N) is 4. The topological polar surface area (TPSA) is 113 Å². The Balaban J connectivity index is 2.12. The maximum atomic E-state index is 13.1. The van der Waals surface area contributed by atoms with E-state index in [9.17, 15) is 14.0 Å². The van der Waals surface area contributed by atoms with E-state index < -0.39 is 18.6 Å². The molecule has 0 saturated heterocycles. The Morgan fingerprint density at radius 2 is 1.70 bits per heavy atom. The van der Waals surface area contributed by atoms with Gasteiger partial charge in [0.15, 0.2) is 0 Å². The predicted octanol–water partition coefficient (Wildman–Crippen LogP) is 3.09. The summed E-state index contributed by atoms with van der Waals surface area (Å²) in [5.41, 5.74) is 1.03. The Labute approximate surface area is 197 Å². The molecule has 0 heterocycles. The standard InChI is InChI=1S/C23H28ClFN4O4/c1-32-18-6-3-7-19(33-2)21(18)23(31)29-17(5-4-12-27-20(26)13-25)22(30)28-14-15-8-10-16(24)11-9-15/h3,6-11,17H,4-5,12-14H2,1-2H3,(H2,26,27)(H,28,30)(H,29,31). The molecule has 1 atom stereocenters. The molecule has 1 unspecified atom stereocenters. The summed E-state index contributed by atoms with van der Waals surface area (Å²) in [6.07, 6.45) is 0.687. The molecule has 10 heteroatoms. The minimum Gasteiger partial charge on any atom is -0.496 e. The summed E-state index contributed by atoms with van der Waals surface area (Å²) >= 11 is 5.89. The molecule has 33 heavy (non-hydrogen) atoms. The molecule has 0 aliphatic rings. The molecule has 0 aliphatic carbocycles. The van der Waals surface area contributed by atoms with E-state index in [2.05, 4.69) is 16.0 Å². The zero-order chi connectivity index (χ0) is 24.2. The Morgan fingerprint density at radius 1 is 1.06 bits per heavy atom. The van der Waals surface area contributed by atoms with Gasteiger partial charge < -0.3 is 25.4 Å². The number of hydrogen-bond donors (Lipinski definition) is 4. The third-order valence-electron chi connectivity index (χ3n) is 4.80. The Bertz CT molecular complexity index is 934. The van der Waals surface area contributed by atoms with E-state index in [1.165, 1.54) is 14.2 Å². The van der Waals surface area contributed by atoms with E-state index in [4.69, 9.17) is 26.5 Å². The van der Waals surface area contributed by atoms with Crippen molar-refractivity contribution in [2.24, 2.45) is 0 Å². The van der Waals surface area contributed by atoms with Gasteiger partial charge in [-0.2, -0.15) is 0 Å². The minimum atomic E-state index is -0.894. The number of benzene rings is 2. The van der Waals surface area contributed by atoms with Crippen LogP contribution in [0.4, 0.5) is 4.39 Å². The van der Waals surface area contributed by atoms with Crippen LogP contribution < -0.4 is 25.4 Å². The second kappa shape index (κ2) is 13.3. The van der Waals surface area contributed by atoms with Crippen molar-refractivity contribution in [1.82, 2.24) is 16.0 Å². The number of alkyl halides is 1. The lowest BCUT2D eigenvalue weighted by atomic mass is 10.1. The first-order valence-electron chi connectivity index (χ1n) is 10.3. The van der Waals surface area contributed by atoms with Gasteiger partial charge in [0.05, 0.1) is 14.2 Å². The molecule has 0 bridgehead atoms. The van der Waals surface area contributed by atoms with E-state index in [0.717, 1.165) is 5.56 Å². The van der Waals surface area contributed by atoms with Crippen molar-refractivity contribution in [1.29, 1.82) is 5.41 Å². The maximum absolute atomic E-state index is 13.1. The van der Waals surface area contributed by atoms with Crippen LogP contribution >= 0.6 is 11.6 Å². The number of carbonyl (C=O) groups is 2. The van der Waals surface area contributed by atoms with Crippen molar-refractivity contribution in [3.8, 4) is 11.5 Å². The highest BCUT2D eigenvalue weighted by Gasteiger charge is 2.25. The van der Waals surface area contributed by atoms with E-state index in [1.54, 1.807) is 42.5 Å². The number of amides is 2. The summed E-state index contributed by atoms with van der Waals surface area (Å²) in [5, 5.41) is 16.1. The average molecular weight is 479 g/mol. The first-order valence-corrected chi connectivity index (χ1v) is 10.7. The predicted molar refractivity (Wildman–Crippen MR) is 125 cm³/mol. The second-order valence-corrected chi connectivity index (χ2v) is 7.53. The van der Waals surface area contributed by atoms with Crippen LogP contribution in [0.2, 0.25) is 5.02 Å². The molecule has 2 rings (SSSR count). The summed E-state index contributed by atoms with van der Waals surface area (Å²) in [6.45, 7) is -0.349. The van der Waals surface area contributed by atoms with Crippen LogP contribution in [0.15, 0.2) is 42.5 Å². The zero-order valence-corrected chi connectivity index (χ0v) is 19.3. The van der Waals surface area contributed by atoms with Crippen molar-refractivity contribution in [2.45, 2.75) is 25.4 Å². The first kappa shape index (κ1) is 25.9. The maximum Gasteiger partial charge on any atom is 0.259 e. The number of ether oxygens (including phenoxy) is 2. The largest absolute Gasteiger partial charge is 0.496 e. The number of halogens is 2. The number of hydrogen-bond acceptors (Lipinski definition) is 5. The van der Waals surface area contributed by atoms with Crippen molar-refractivity contribution in [2.75, 3.05) is 27.4 Å². The van der Waals surface area contributed by atoms with Crippen LogP contribution in [0.5, 0.6) is 11.5 Å². The van der Waals surface area contributed by atoms with Crippen molar-refractivity contribution in [3.05, 3.63) is 58.6 Å². The quantitative estimate of drug-likeness (QED) is 0.213. The van der Waals surface area contributed by atoms with Crippen LogP contribution in [0.1, 0.15) is 28.8 Å². The van der Waals surface area contributed by atoms with Crippen molar-refractivity contribution < 1.29 is 23.5 Å². The van der Waals surface area contributed by atoms with Gasteiger partial charge in [0.25, 0.3) is 5.91 Å². The molecular weight excluding hydrogens is 451 g/mol. The molecule has 0 spiro atoms. The van der Waals surface area contributed by atoms with Crippen LogP contribution in [-0.2, 0) is 11.3 Å². The lowest BCUT2D eigenvalue weighted by Gasteiger charge is -2.20. The third kappa shape index (κ3) is 7.94. The highest BCUT2D eigenvalue weighted by Crippen LogP contribution is 2.28. The number of rotatable bonds is 12. The molecule has 2 aromatic carbocycles. The summed E-state index contributed by atoms with van der Waals surface area (Å²) in [7, 11) is 2.88. The van der Waals surface area contributed by atoms with Gasteiger partial charge in [-0.05, 0) is 42.7 Å². The highest BCUT2D eigenvalue weighted by molar-refractivity contribution is 6.30. The Kier molecular flexibility index (Phi) is 10.4. The monoisotopic (exact) mass is 478 g/mol. The summed E-state index contributed by atoms with van der Waals surface area (Å²) in [5.74, 6) is -0.523. The molecule has 0 aromatic heterocycles. The van der Waals surface area contributed by atoms with Gasteiger partial charge in [-0.15, -0.1) is 0 Å². The van der Waals surface area contributed by atoms with E-state index >= 15 is 0 Å². The van der Waals surface area contributed by atoms with Crippen LogP contribution in [0, 0.1) is 5.41 Å². The molecule has 0 saturated carbocycles. The van der Waals surface area contributed by atoms with Gasteiger partial charge in [0, 0.05) is 18.1 Å². The van der Waals surface area contributed by atoms with Gasteiger partial charge in [-0.1, -0.05) is 29.8 Å². The zero-order valence-electron chi connectivity index (χ0n) is 18.5. The molecule has 2 aromatic rings. The van der Waals surface area contributed by atoms with Crippen LogP contribution in [0.25, 0.3) is 0 Å². The minimum absolute atomic E-state index is 0.176. The molecular formula is C23H28ClFN4O4. The SMILES string of the molecule is COc1cccc(OC)c1C(=O)NC(CCCNC(=N)CF)C(=O)NCc1ccc(Cl)cc1. The fourth-order valence-corrected chi connectivity index (χ4v) is 3.21. The average Bonchev–Trinajstić information content (AvgIpc) is 2.84. The highest BCUT2D eigenvalue weighted by atomic mass is 35.5. The third-order valence-corrected chi connectivity index (χ3v) is 5.05. The number of amidine groups is 1. The van der Waals surface area contributed by atoms with Crippen LogP contribution in [0.3, 0.4) is 0 Å². The van der Waals surface area contributed by atoms with Crippen molar-refractivity contribution in [3.63, 3.8) is 0 Å². The van der Waals surface area contributed by atoms with Crippen LogP contribution in [-0.4, -0.2) is 51.1 Å². The number of methoxy groups -OCH3 is 2. The lowest BCUT2D eigenvalue weighted by molar-refractivity contribution is -0.123. The van der Waals surface area contributed by atoms with Gasteiger partial charge in [0.1, 0.15) is 35.6 Å². The molecule has 8 nitrogen and oxygen atoms in total. The van der Waals surface area contributed by atoms with Gasteiger partial charge >= 0.3 is 0 Å². The van der Waals surface area contributed by atoms with Gasteiger partial charge in [0.2, 0.25) is 5.91 Å². The van der Waals surface area contributed by atoms with E-state index in [-0.39, 0.29) is 36.8 Å². The van der Waals surface area contributed by atoms with E-state index in [0.29, 0.717) is 22.9 Å². The van der Waals surface area contributed by atoms with Gasteiger partial charge in [-0.3, -0.25) is 15.0 Å². The summed E-state index contributed by atoms with van der Waals surface area (Å²) in [4.78, 5) is 26.0. The Morgan fingerprint density at radius 3 is 2.27 bits per heavy atom. The molecule has 0 aliphatic heterocycles. The lowest BCUT2D eigenvalue weighted by Crippen LogP contribution is -2.47. The summed E-state index contributed by atoms with van der Waals surface area (Å²) in [6, 6.07) is 11.1. The van der Waals surface area contributed by atoms with Gasteiger partial charge in [-0.25, -0.2) is 4.39 Å². The number of carbonyl (C=O) groups excluding carboxylic acids is 2. The molecule has 4 N–H and O–H groups in total. The first-order chi connectivity index (χ1) is 15.9. The molecule has 2 amide bonds. The fourth-order valence-electron chi connectivity index (χ4n) is 3.08.